The van der Waals surface area contributed by atoms with Crippen molar-refractivity contribution in [3.05, 3.63) is 0 Å². The molecule has 1 aliphatic heterocycles. The van der Waals surface area contributed by atoms with Crippen LogP contribution in [0.15, 0.2) is 20.7 Å². The second kappa shape index (κ2) is 3.61. The van der Waals surface area contributed by atoms with Crippen LogP contribution < -0.4 is 0 Å². The van der Waals surface area contributed by atoms with Crippen molar-refractivity contribution in [3.63, 3.8) is 0 Å². The first-order chi connectivity index (χ1) is 6.96. The summed E-state index contributed by atoms with van der Waals surface area (Å²) in [5, 5.41) is 10.1. The first kappa shape index (κ1) is 13.8. The van der Waals surface area contributed by atoms with Crippen LogP contribution in [-0.4, -0.2) is 21.6 Å². The summed E-state index contributed by atoms with van der Waals surface area (Å²) in [4.78, 5) is 0. The average Bonchev–Trinajstić information content (AvgIpc) is 2.48. The van der Waals surface area contributed by atoms with E-state index >= 15 is 0 Å². The molecule has 0 bridgehead atoms. The molecule has 0 aromatic heterocycles. The molecule has 12 heteroatoms. The SMILES string of the molecule is FC(F)(F)C(F)(F)C1(C(Cl)(Cl)Cl)N=NN=N1. The maximum Gasteiger partial charge on any atom is 0.458 e. The van der Waals surface area contributed by atoms with Crippen LogP contribution in [0.1, 0.15) is 0 Å². The van der Waals surface area contributed by atoms with Gasteiger partial charge in [-0.15, -0.1) is 10.2 Å². The van der Waals surface area contributed by atoms with Gasteiger partial charge in [-0.25, -0.2) is 0 Å². The minimum atomic E-state index is -6.01. The van der Waals surface area contributed by atoms with E-state index in [-0.39, 0.29) is 0 Å². The largest absolute Gasteiger partial charge is 0.458 e. The van der Waals surface area contributed by atoms with E-state index in [4.69, 9.17) is 34.8 Å². The van der Waals surface area contributed by atoms with Crippen molar-refractivity contribution in [2.45, 2.75) is 21.6 Å². The van der Waals surface area contributed by atoms with E-state index in [1.807, 2.05) is 0 Å². The Bertz CT molecular complexity index is 333. The van der Waals surface area contributed by atoms with Crippen LogP contribution in [0.2, 0.25) is 0 Å². The number of halogens is 8. The second-order valence-corrected chi connectivity index (χ2v) is 4.90. The predicted molar refractivity (Wildman–Crippen MR) is 43.7 cm³/mol. The fraction of sp³-hybridized carbons (Fsp3) is 1.00. The molecule has 1 rings (SSSR count). The quantitative estimate of drug-likeness (QED) is 0.518. The molecule has 1 aliphatic rings. The van der Waals surface area contributed by atoms with Gasteiger partial charge in [0.25, 0.3) is 0 Å². The molecule has 4 nitrogen and oxygen atoms in total. The highest BCUT2D eigenvalue weighted by Gasteiger charge is 2.79. The third-order valence-electron chi connectivity index (χ3n) is 1.61. The van der Waals surface area contributed by atoms with Gasteiger partial charge in [0.15, 0.2) is 0 Å². The van der Waals surface area contributed by atoms with Gasteiger partial charge in [0.2, 0.25) is 3.79 Å². The van der Waals surface area contributed by atoms with Gasteiger partial charge in [0, 0.05) is 0 Å². The zero-order valence-corrected chi connectivity index (χ0v) is 9.08. The van der Waals surface area contributed by atoms with Gasteiger partial charge in [0.05, 0.1) is 0 Å². The van der Waals surface area contributed by atoms with Crippen LogP contribution in [0, 0.1) is 0 Å². The lowest BCUT2D eigenvalue weighted by Crippen LogP contribution is -2.60. The van der Waals surface area contributed by atoms with E-state index in [2.05, 4.69) is 20.7 Å². The molecule has 0 unspecified atom stereocenters. The van der Waals surface area contributed by atoms with Crippen LogP contribution >= 0.6 is 34.8 Å². The Kier molecular flexibility index (Phi) is 3.11. The van der Waals surface area contributed by atoms with Crippen LogP contribution in [0.25, 0.3) is 0 Å². The first-order valence-electron chi connectivity index (χ1n) is 3.31. The Morgan fingerprint density at radius 1 is 0.812 bits per heavy atom. The molecule has 0 saturated heterocycles. The molecule has 0 N–H and O–H groups in total. The summed E-state index contributed by atoms with van der Waals surface area (Å²) in [6, 6.07) is 0. The highest BCUT2D eigenvalue weighted by Crippen LogP contribution is 2.57. The summed E-state index contributed by atoms with van der Waals surface area (Å²) in [5.41, 5.74) is -3.73. The third kappa shape index (κ3) is 1.74. The van der Waals surface area contributed by atoms with Crippen molar-refractivity contribution >= 4 is 34.8 Å². The Labute approximate surface area is 99.4 Å². The molecule has 0 fully saturated rings. The second-order valence-electron chi connectivity index (χ2n) is 2.62. The number of hydrogen-bond acceptors (Lipinski definition) is 4. The number of hydrogen-bond donors (Lipinski definition) is 0. The lowest BCUT2D eigenvalue weighted by atomic mass is 10.1. The van der Waals surface area contributed by atoms with Gasteiger partial charge in [-0.2, -0.15) is 22.0 Å². The lowest BCUT2D eigenvalue weighted by molar-refractivity contribution is -0.305. The van der Waals surface area contributed by atoms with Gasteiger partial charge in [0.1, 0.15) is 0 Å². The van der Waals surface area contributed by atoms with E-state index < -0.39 is 21.6 Å². The molecule has 1 heterocycles. The van der Waals surface area contributed by atoms with Crippen molar-refractivity contribution in [2.24, 2.45) is 20.7 Å². The molecule has 0 amide bonds. The average molecular weight is 305 g/mol. The van der Waals surface area contributed by atoms with Crippen molar-refractivity contribution in [1.82, 2.24) is 0 Å². The molecule has 92 valence electrons. The summed E-state index contributed by atoms with van der Waals surface area (Å²) in [6.45, 7) is 0. The van der Waals surface area contributed by atoms with E-state index in [0.29, 0.717) is 0 Å². The van der Waals surface area contributed by atoms with Crippen LogP contribution in [0.5, 0.6) is 0 Å². The van der Waals surface area contributed by atoms with Gasteiger partial charge in [-0.3, -0.25) is 0 Å². The molecule has 16 heavy (non-hydrogen) atoms. The molecule has 0 saturated carbocycles. The predicted octanol–water partition coefficient (Wildman–Crippen LogP) is 4.08. The number of rotatable bonds is 1. The van der Waals surface area contributed by atoms with Crippen LogP contribution in [0.4, 0.5) is 22.0 Å². The molecule has 0 aromatic carbocycles. The number of alkyl halides is 8. The van der Waals surface area contributed by atoms with Gasteiger partial charge < -0.3 is 0 Å². The third-order valence-corrected chi connectivity index (χ3v) is 2.40. The van der Waals surface area contributed by atoms with Gasteiger partial charge in [-0.1, -0.05) is 34.8 Å². The van der Waals surface area contributed by atoms with Gasteiger partial charge >= 0.3 is 17.8 Å². The molecule has 0 aliphatic carbocycles. The molecule has 0 radical (unpaired) electrons. The Balaban J connectivity index is 3.36. The van der Waals surface area contributed by atoms with Crippen molar-refractivity contribution < 1.29 is 22.0 Å². The molecular weight excluding hydrogens is 305 g/mol. The van der Waals surface area contributed by atoms with E-state index in [0.717, 1.165) is 0 Å². The molecule has 0 aromatic rings. The molecule has 0 atom stereocenters. The smallest absolute Gasteiger partial charge is 0.191 e. The standard InChI is InChI=1S/C4Cl3F5N4/c5-3(6,7)2(13-15-16-14-2)1(8,9)4(10,11)12. The highest BCUT2D eigenvalue weighted by molar-refractivity contribution is 6.68. The van der Waals surface area contributed by atoms with E-state index in [9.17, 15) is 22.0 Å². The molecular formula is C4Cl3F5N4. The molecule has 0 spiro atoms. The van der Waals surface area contributed by atoms with Crippen LogP contribution in [0.3, 0.4) is 0 Å². The minimum absolute atomic E-state index is 2.50. The summed E-state index contributed by atoms with van der Waals surface area (Å²) in [6.07, 6.45) is -6.01. The summed E-state index contributed by atoms with van der Waals surface area (Å²) < 4.78 is 59.4. The zero-order valence-electron chi connectivity index (χ0n) is 6.81. The lowest BCUT2D eigenvalue weighted by Gasteiger charge is -2.34. The minimum Gasteiger partial charge on any atom is -0.191 e. The fourth-order valence-corrected chi connectivity index (χ4v) is 1.39. The summed E-state index contributed by atoms with van der Waals surface area (Å²) >= 11 is 15.1. The van der Waals surface area contributed by atoms with Crippen molar-refractivity contribution in [2.75, 3.05) is 0 Å². The van der Waals surface area contributed by atoms with Crippen LogP contribution in [-0.2, 0) is 0 Å². The van der Waals surface area contributed by atoms with E-state index in [1.165, 1.54) is 0 Å². The highest BCUT2D eigenvalue weighted by atomic mass is 35.6. The topological polar surface area (TPSA) is 49.4 Å². The fourth-order valence-electron chi connectivity index (χ4n) is 0.804. The Morgan fingerprint density at radius 3 is 1.44 bits per heavy atom. The van der Waals surface area contributed by atoms with Crippen molar-refractivity contribution in [1.29, 1.82) is 0 Å². The normalized spacial score (nSPS) is 20.5. The van der Waals surface area contributed by atoms with E-state index in [1.54, 1.807) is 0 Å². The Hall–Kier alpha value is -0.280. The number of nitrogens with zero attached hydrogens (tertiary/aromatic N) is 4. The summed E-state index contributed by atoms with van der Waals surface area (Å²) in [7, 11) is 0. The summed E-state index contributed by atoms with van der Waals surface area (Å²) in [5.74, 6) is -5.52. The maximum absolute atomic E-state index is 13.1. The monoisotopic (exact) mass is 304 g/mol. The zero-order chi connectivity index (χ0) is 12.8. The Morgan fingerprint density at radius 2 is 1.19 bits per heavy atom. The first-order valence-corrected chi connectivity index (χ1v) is 4.44. The maximum atomic E-state index is 13.1. The van der Waals surface area contributed by atoms with Gasteiger partial charge in [-0.05, 0) is 10.4 Å². The van der Waals surface area contributed by atoms with Crippen molar-refractivity contribution in [3.8, 4) is 0 Å².